The molecular formula is C19H26N4O2. The standard InChI is InChI=1S/C19H26N4O2/c1-15(12-17-6-5-11-25-17)22-19(24)21-14-16-7-8-20-18(13-16)23-9-3-2-4-10-23/h5-8,11,13,15H,2-4,9-10,12,14H2,1H3,(H2,21,22,24). The van der Waals surface area contributed by atoms with Crippen LogP contribution in [0, 0.1) is 0 Å². The van der Waals surface area contributed by atoms with E-state index in [1.165, 1.54) is 19.3 Å². The molecule has 1 fully saturated rings. The van der Waals surface area contributed by atoms with Crippen LogP contribution >= 0.6 is 0 Å². The summed E-state index contributed by atoms with van der Waals surface area (Å²) in [4.78, 5) is 18.8. The number of pyridine rings is 1. The zero-order valence-electron chi connectivity index (χ0n) is 14.7. The molecule has 6 nitrogen and oxygen atoms in total. The molecule has 3 rings (SSSR count). The van der Waals surface area contributed by atoms with E-state index in [4.69, 9.17) is 4.42 Å². The highest BCUT2D eigenvalue weighted by Crippen LogP contribution is 2.18. The highest BCUT2D eigenvalue weighted by molar-refractivity contribution is 5.74. The number of piperidine rings is 1. The summed E-state index contributed by atoms with van der Waals surface area (Å²) in [5.41, 5.74) is 1.06. The van der Waals surface area contributed by atoms with Gasteiger partial charge in [0, 0.05) is 38.3 Å². The minimum atomic E-state index is -0.171. The van der Waals surface area contributed by atoms with E-state index in [0.29, 0.717) is 13.0 Å². The maximum atomic E-state index is 12.1. The van der Waals surface area contributed by atoms with Crippen LogP contribution in [0.2, 0.25) is 0 Å². The Bertz CT molecular complexity index is 666. The molecule has 0 saturated carbocycles. The van der Waals surface area contributed by atoms with Crippen molar-refractivity contribution in [2.75, 3.05) is 18.0 Å². The summed E-state index contributed by atoms with van der Waals surface area (Å²) in [6.45, 7) is 4.58. The van der Waals surface area contributed by atoms with Crippen molar-refractivity contribution in [1.29, 1.82) is 0 Å². The van der Waals surface area contributed by atoms with E-state index in [1.54, 1.807) is 6.26 Å². The summed E-state index contributed by atoms with van der Waals surface area (Å²) >= 11 is 0. The number of aromatic nitrogens is 1. The predicted molar refractivity (Wildman–Crippen MR) is 97.5 cm³/mol. The van der Waals surface area contributed by atoms with Crippen LogP contribution in [0.15, 0.2) is 41.1 Å². The Labute approximate surface area is 148 Å². The molecule has 0 bridgehead atoms. The van der Waals surface area contributed by atoms with Gasteiger partial charge in [-0.2, -0.15) is 0 Å². The Kier molecular flexibility index (Phi) is 5.93. The molecule has 134 valence electrons. The van der Waals surface area contributed by atoms with Gasteiger partial charge >= 0.3 is 6.03 Å². The van der Waals surface area contributed by atoms with Crippen LogP contribution in [-0.4, -0.2) is 30.1 Å². The minimum absolute atomic E-state index is 0.00695. The van der Waals surface area contributed by atoms with Gasteiger partial charge in [-0.05, 0) is 56.0 Å². The molecule has 25 heavy (non-hydrogen) atoms. The molecule has 0 aliphatic carbocycles. The van der Waals surface area contributed by atoms with Crippen molar-refractivity contribution in [3.63, 3.8) is 0 Å². The minimum Gasteiger partial charge on any atom is -0.469 e. The van der Waals surface area contributed by atoms with Crippen LogP contribution in [0.25, 0.3) is 0 Å². The molecule has 2 aromatic rings. The maximum absolute atomic E-state index is 12.1. The molecule has 6 heteroatoms. The maximum Gasteiger partial charge on any atom is 0.315 e. The molecule has 2 aromatic heterocycles. The summed E-state index contributed by atoms with van der Waals surface area (Å²) in [6, 6.07) is 7.61. The third kappa shape index (κ3) is 5.24. The molecule has 1 atom stereocenters. The first-order chi connectivity index (χ1) is 12.2. The lowest BCUT2D eigenvalue weighted by Crippen LogP contribution is -2.41. The lowest BCUT2D eigenvalue weighted by Gasteiger charge is -2.27. The molecule has 0 aromatic carbocycles. The Hall–Kier alpha value is -2.50. The summed E-state index contributed by atoms with van der Waals surface area (Å²) in [7, 11) is 0. The van der Waals surface area contributed by atoms with Gasteiger partial charge in [-0.25, -0.2) is 9.78 Å². The van der Waals surface area contributed by atoms with Crippen LogP contribution in [0.1, 0.15) is 37.5 Å². The number of hydrogen-bond donors (Lipinski definition) is 2. The van der Waals surface area contributed by atoms with Crippen molar-refractivity contribution >= 4 is 11.8 Å². The van der Waals surface area contributed by atoms with Crippen LogP contribution in [0.5, 0.6) is 0 Å². The lowest BCUT2D eigenvalue weighted by atomic mass is 10.1. The first-order valence-electron chi connectivity index (χ1n) is 8.97. The normalized spacial score (nSPS) is 15.6. The third-order valence-electron chi connectivity index (χ3n) is 4.41. The fraction of sp³-hybridized carbons (Fsp3) is 0.474. The zero-order valence-corrected chi connectivity index (χ0v) is 14.7. The SMILES string of the molecule is CC(Cc1ccco1)NC(=O)NCc1ccnc(N2CCCCC2)c1. The highest BCUT2D eigenvalue weighted by atomic mass is 16.3. The third-order valence-corrected chi connectivity index (χ3v) is 4.41. The smallest absolute Gasteiger partial charge is 0.315 e. The summed E-state index contributed by atoms with van der Waals surface area (Å²) in [5, 5.41) is 5.84. The number of carbonyl (C=O) groups excluding carboxylic acids is 1. The first-order valence-corrected chi connectivity index (χ1v) is 8.97. The van der Waals surface area contributed by atoms with Gasteiger partial charge in [0.05, 0.1) is 6.26 Å². The van der Waals surface area contributed by atoms with E-state index in [2.05, 4.69) is 26.6 Å². The van der Waals surface area contributed by atoms with Crippen LogP contribution < -0.4 is 15.5 Å². The number of anilines is 1. The Morgan fingerprint density at radius 2 is 2.16 bits per heavy atom. The molecule has 1 aliphatic rings. The molecule has 1 aliphatic heterocycles. The number of amides is 2. The molecule has 2 N–H and O–H groups in total. The van der Waals surface area contributed by atoms with Gasteiger partial charge in [-0.3, -0.25) is 0 Å². The fourth-order valence-electron chi connectivity index (χ4n) is 3.11. The van der Waals surface area contributed by atoms with Crippen molar-refractivity contribution in [1.82, 2.24) is 15.6 Å². The summed E-state index contributed by atoms with van der Waals surface area (Å²) in [6.07, 6.45) is 7.88. The van der Waals surface area contributed by atoms with Crippen molar-refractivity contribution in [2.24, 2.45) is 0 Å². The van der Waals surface area contributed by atoms with E-state index in [0.717, 1.165) is 30.2 Å². The Morgan fingerprint density at radius 1 is 1.32 bits per heavy atom. The van der Waals surface area contributed by atoms with Gasteiger partial charge in [0.2, 0.25) is 0 Å². The highest BCUT2D eigenvalue weighted by Gasteiger charge is 2.13. The lowest BCUT2D eigenvalue weighted by molar-refractivity contribution is 0.237. The number of nitrogens with zero attached hydrogens (tertiary/aromatic N) is 2. The molecule has 0 spiro atoms. The topological polar surface area (TPSA) is 70.4 Å². The van der Waals surface area contributed by atoms with Gasteiger partial charge in [0.1, 0.15) is 11.6 Å². The average Bonchev–Trinajstić information content (AvgIpc) is 3.14. The van der Waals surface area contributed by atoms with Crippen molar-refractivity contribution < 1.29 is 9.21 Å². The second-order valence-electron chi connectivity index (χ2n) is 6.58. The average molecular weight is 342 g/mol. The van der Waals surface area contributed by atoms with Crippen molar-refractivity contribution in [3.05, 3.63) is 48.0 Å². The van der Waals surface area contributed by atoms with E-state index in [1.807, 2.05) is 31.3 Å². The van der Waals surface area contributed by atoms with Crippen LogP contribution in [0.4, 0.5) is 10.6 Å². The Balaban J connectivity index is 1.46. The number of hydrogen-bond acceptors (Lipinski definition) is 4. The molecule has 0 radical (unpaired) electrons. The van der Waals surface area contributed by atoms with Crippen molar-refractivity contribution in [3.8, 4) is 0 Å². The number of carbonyl (C=O) groups is 1. The quantitative estimate of drug-likeness (QED) is 0.846. The fourth-order valence-corrected chi connectivity index (χ4v) is 3.11. The van der Waals surface area contributed by atoms with Gasteiger partial charge in [0.15, 0.2) is 0 Å². The predicted octanol–water partition coefficient (Wildman–Crippen LogP) is 3.10. The molecular weight excluding hydrogens is 316 g/mol. The van der Waals surface area contributed by atoms with E-state index < -0.39 is 0 Å². The summed E-state index contributed by atoms with van der Waals surface area (Å²) < 4.78 is 5.30. The Morgan fingerprint density at radius 3 is 2.92 bits per heavy atom. The second-order valence-corrected chi connectivity index (χ2v) is 6.58. The molecule has 1 saturated heterocycles. The van der Waals surface area contributed by atoms with Gasteiger partial charge < -0.3 is 20.0 Å². The molecule has 3 heterocycles. The monoisotopic (exact) mass is 342 g/mol. The van der Waals surface area contributed by atoms with E-state index >= 15 is 0 Å². The van der Waals surface area contributed by atoms with Crippen LogP contribution in [0.3, 0.4) is 0 Å². The number of rotatable bonds is 6. The largest absolute Gasteiger partial charge is 0.469 e. The number of nitrogens with one attached hydrogen (secondary N) is 2. The second kappa shape index (κ2) is 8.55. The van der Waals surface area contributed by atoms with E-state index in [9.17, 15) is 4.79 Å². The number of furan rings is 1. The number of urea groups is 1. The summed E-state index contributed by atoms with van der Waals surface area (Å²) in [5.74, 6) is 1.87. The molecule has 1 unspecified atom stereocenters. The first kappa shape index (κ1) is 17.3. The van der Waals surface area contributed by atoms with Crippen LogP contribution in [-0.2, 0) is 13.0 Å². The zero-order chi connectivity index (χ0) is 17.5. The van der Waals surface area contributed by atoms with Gasteiger partial charge in [-0.1, -0.05) is 0 Å². The van der Waals surface area contributed by atoms with E-state index in [-0.39, 0.29) is 12.1 Å². The van der Waals surface area contributed by atoms with Gasteiger partial charge in [0.25, 0.3) is 0 Å². The van der Waals surface area contributed by atoms with Gasteiger partial charge in [-0.15, -0.1) is 0 Å². The van der Waals surface area contributed by atoms with Crippen molar-refractivity contribution in [2.45, 2.75) is 45.2 Å². The molecule has 2 amide bonds.